The Morgan fingerprint density at radius 3 is 2.52 bits per heavy atom. The summed E-state index contributed by atoms with van der Waals surface area (Å²) in [6.45, 7) is 2.03. The van der Waals surface area contributed by atoms with Crippen molar-refractivity contribution in [1.29, 1.82) is 0 Å². The van der Waals surface area contributed by atoms with Gasteiger partial charge in [0.1, 0.15) is 11.9 Å². The molecule has 0 aliphatic carbocycles. The first-order valence-corrected chi connectivity index (χ1v) is 10.7. The largest absolute Gasteiger partial charge is 0.324 e. The summed E-state index contributed by atoms with van der Waals surface area (Å²) in [6.07, 6.45) is 2.03. The molecule has 1 unspecified atom stereocenters. The number of nitrogens with zero attached hydrogens (tertiary/aromatic N) is 3. The summed E-state index contributed by atoms with van der Waals surface area (Å²) in [5.74, 6) is -0.252. The first-order chi connectivity index (χ1) is 16.0. The van der Waals surface area contributed by atoms with Crippen molar-refractivity contribution < 1.29 is 9.18 Å². The summed E-state index contributed by atoms with van der Waals surface area (Å²) in [4.78, 5) is 17.1. The molecule has 0 radical (unpaired) electrons. The molecular weight excluding hydrogens is 441 g/mol. The average molecular weight is 460 g/mol. The predicted octanol–water partition coefficient (Wildman–Crippen LogP) is 5.69. The van der Waals surface area contributed by atoms with Gasteiger partial charge in [0.2, 0.25) is 5.95 Å². The van der Waals surface area contributed by atoms with Gasteiger partial charge in [0.15, 0.2) is 0 Å². The SMILES string of the molecule is Cc1ccc(C2=CC(c3ccccc3Cl)n3nc(NC(=O)c4ccc(F)cc4)nc3N2)cc1. The van der Waals surface area contributed by atoms with E-state index in [1.165, 1.54) is 24.3 Å². The molecule has 1 aromatic heterocycles. The van der Waals surface area contributed by atoms with Crippen LogP contribution in [0.3, 0.4) is 0 Å². The molecular formula is C25H19ClFN5O. The van der Waals surface area contributed by atoms with E-state index in [1.54, 1.807) is 4.68 Å². The topological polar surface area (TPSA) is 71.8 Å². The van der Waals surface area contributed by atoms with Crippen molar-refractivity contribution in [3.05, 3.63) is 112 Å². The highest BCUT2D eigenvalue weighted by Gasteiger charge is 2.27. The third-order valence-corrected chi connectivity index (χ3v) is 5.73. The van der Waals surface area contributed by atoms with Crippen LogP contribution in [0.4, 0.5) is 16.3 Å². The van der Waals surface area contributed by atoms with Gasteiger partial charge in [-0.25, -0.2) is 9.07 Å². The van der Waals surface area contributed by atoms with Gasteiger partial charge in [-0.1, -0.05) is 59.6 Å². The fourth-order valence-electron chi connectivity index (χ4n) is 3.66. The van der Waals surface area contributed by atoms with Crippen molar-refractivity contribution in [3.8, 4) is 0 Å². The van der Waals surface area contributed by atoms with E-state index in [-0.39, 0.29) is 12.0 Å². The smallest absolute Gasteiger partial charge is 0.258 e. The molecule has 2 heterocycles. The predicted molar refractivity (Wildman–Crippen MR) is 127 cm³/mol. The Labute approximate surface area is 194 Å². The Bertz CT molecular complexity index is 1360. The van der Waals surface area contributed by atoms with Gasteiger partial charge in [-0.05, 0) is 54.5 Å². The molecule has 164 valence electrons. The van der Waals surface area contributed by atoms with E-state index in [1.807, 2.05) is 61.5 Å². The van der Waals surface area contributed by atoms with E-state index in [0.717, 1.165) is 22.4 Å². The van der Waals surface area contributed by atoms with Crippen molar-refractivity contribution in [2.75, 3.05) is 10.6 Å². The van der Waals surface area contributed by atoms with Gasteiger partial charge in [-0.2, -0.15) is 4.98 Å². The van der Waals surface area contributed by atoms with Crippen molar-refractivity contribution in [2.45, 2.75) is 13.0 Å². The summed E-state index contributed by atoms with van der Waals surface area (Å²) in [5, 5.41) is 11.1. The van der Waals surface area contributed by atoms with E-state index >= 15 is 0 Å². The van der Waals surface area contributed by atoms with Gasteiger partial charge < -0.3 is 5.32 Å². The van der Waals surface area contributed by atoms with Crippen LogP contribution in [-0.4, -0.2) is 20.7 Å². The average Bonchev–Trinajstić information content (AvgIpc) is 3.22. The molecule has 0 fully saturated rings. The van der Waals surface area contributed by atoms with Gasteiger partial charge in [0.25, 0.3) is 11.9 Å². The maximum Gasteiger partial charge on any atom is 0.258 e. The van der Waals surface area contributed by atoms with E-state index in [4.69, 9.17) is 11.6 Å². The number of rotatable bonds is 4. The third kappa shape index (κ3) is 4.23. The molecule has 4 aromatic rings. The normalized spacial score (nSPS) is 14.8. The quantitative estimate of drug-likeness (QED) is 0.411. The zero-order valence-electron chi connectivity index (χ0n) is 17.6. The van der Waals surface area contributed by atoms with Crippen LogP contribution in [0.5, 0.6) is 0 Å². The van der Waals surface area contributed by atoms with Gasteiger partial charge >= 0.3 is 0 Å². The number of hydrogen-bond donors (Lipinski definition) is 2. The summed E-state index contributed by atoms with van der Waals surface area (Å²) < 4.78 is 14.9. The van der Waals surface area contributed by atoms with Crippen molar-refractivity contribution in [3.63, 3.8) is 0 Å². The highest BCUT2D eigenvalue weighted by molar-refractivity contribution is 6.31. The second-order valence-electron chi connectivity index (χ2n) is 7.70. The van der Waals surface area contributed by atoms with Crippen molar-refractivity contribution >= 4 is 35.1 Å². The molecule has 6 nitrogen and oxygen atoms in total. The molecule has 1 atom stereocenters. The third-order valence-electron chi connectivity index (χ3n) is 5.38. The Morgan fingerprint density at radius 1 is 1.06 bits per heavy atom. The zero-order valence-corrected chi connectivity index (χ0v) is 18.3. The summed E-state index contributed by atoms with van der Waals surface area (Å²) in [7, 11) is 0. The molecule has 3 aromatic carbocycles. The number of anilines is 2. The van der Waals surface area contributed by atoms with Crippen molar-refractivity contribution in [2.24, 2.45) is 0 Å². The molecule has 2 N–H and O–H groups in total. The minimum absolute atomic E-state index is 0.127. The minimum Gasteiger partial charge on any atom is -0.324 e. The lowest BCUT2D eigenvalue weighted by atomic mass is 10.0. The highest BCUT2D eigenvalue weighted by atomic mass is 35.5. The molecule has 1 aliphatic heterocycles. The van der Waals surface area contributed by atoms with Crippen LogP contribution in [0.15, 0.2) is 78.9 Å². The summed E-state index contributed by atoms with van der Waals surface area (Å²) in [5.41, 5.74) is 4.16. The number of allylic oxidation sites excluding steroid dienone is 1. The lowest BCUT2D eigenvalue weighted by molar-refractivity contribution is 0.102. The molecule has 33 heavy (non-hydrogen) atoms. The molecule has 5 rings (SSSR count). The van der Waals surface area contributed by atoms with Gasteiger partial charge in [0.05, 0.1) is 0 Å². The first kappa shape index (κ1) is 20.9. The van der Waals surface area contributed by atoms with Gasteiger partial charge in [0, 0.05) is 16.3 Å². The molecule has 0 saturated carbocycles. The van der Waals surface area contributed by atoms with Gasteiger partial charge in [-0.15, -0.1) is 5.10 Å². The van der Waals surface area contributed by atoms with Crippen LogP contribution in [0.1, 0.15) is 33.1 Å². The molecule has 1 amide bonds. The van der Waals surface area contributed by atoms with Crippen LogP contribution in [-0.2, 0) is 0 Å². The number of carbonyl (C=O) groups is 1. The zero-order chi connectivity index (χ0) is 22.9. The highest BCUT2D eigenvalue weighted by Crippen LogP contribution is 2.36. The Hall–Kier alpha value is -3.97. The molecule has 0 spiro atoms. The van der Waals surface area contributed by atoms with Crippen LogP contribution in [0.25, 0.3) is 5.70 Å². The minimum atomic E-state index is -0.432. The molecule has 0 bridgehead atoms. The fraction of sp³-hybridized carbons (Fsp3) is 0.0800. The Kier molecular flexibility index (Phi) is 5.40. The number of aromatic nitrogens is 3. The monoisotopic (exact) mass is 459 g/mol. The molecule has 8 heteroatoms. The summed E-state index contributed by atoms with van der Waals surface area (Å²) >= 11 is 6.51. The maximum absolute atomic E-state index is 13.2. The van der Waals surface area contributed by atoms with E-state index in [2.05, 4.69) is 20.7 Å². The number of aryl methyl sites for hydroxylation is 1. The fourth-order valence-corrected chi connectivity index (χ4v) is 3.91. The number of carbonyl (C=O) groups excluding carboxylic acids is 1. The van der Waals surface area contributed by atoms with Crippen LogP contribution in [0, 0.1) is 12.7 Å². The number of nitrogens with one attached hydrogen (secondary N) is 2. The lowest BCUT2D eigenvalue weighted by Crippen LogP contribution is -2.20. The summed E-state index contributed by atoms with van der Waals surface area (Å²) in [6, 6.07) is 20.6. The second-order valence-corrected chi connectivity index (χ2v) is 8.11. The number of benzene rings is 3. The van der Waals surface area contributed by atoms with Crippen LogP contribution >= 0.6 is 11.6 Å². The first-order valence-electron chi connectivity index (χ1n) is 10.3. The number of amides is 1. The molecule has 0 saturated heterocycles. The maximum atomic E-state index is 13.2. The number of hydrogen-bond acceptors (Lipinski definition) is 4. The van der Waals surface area contributed by atoms with E-state index in [0.29, 0.717) is 16.5 Å². The lowest BCUT2D eigenvalue weighted by Gasteiger charge is -2.25. The second kappa shape index (κ2) is 8.52. The van der Waals surface area contributed by atoms with Crippen LogP contribution in [0.2, 0.25) is 5.02 Å². The Morgan fingerprint density at radius 2 is 1.79 bits per heavy atom. The van der Waals surface area contributed by atoms with E-state index < -0.39 is 11.7 Å². The van der Waals surface area contributed by atoms with Crippen molar-refractivity contribution in [1.82, 2.24) is 14.8 Å². The van der Waals surface area contributed by atoms with Crippen LogP contribution < -0.4 is 10.6 Å². The van der Waals surface area contributed by atoms with Gasteiger partial charge in [-0.3, -0.25) is 10.1 Å². The standard InChI is InChI=1S/C25H19ClFN5O/c1-15-6-8-16(9-7-15)21-14-22(19-4-2-3-5-20(19)26)32-25(28-21)30-24(31-32)29-23(33)17-10-12-18(27)13-11-17/h2-14,22H,1H3,(H2,28,29,30,31,33). The van der Waals surface area contributed by atoms with E-state index in [9.17, 15) is 9.18 Å². The number of fused-ring (bicyclic) bond motifs is 1. The molecule has 1 aliphatic rings. The Balaban J connectivity index is 1.52. The number of halogens is 2.